The second kappa shape index (κ2) is 4.98. The lowest BCUT2D eigenvalue weighted by molar-refractivity contribution is -0.149. The molecule has 1 unspecified atom stereocenters. The topological polar surface area (TPSA) is 89.3 Å². The van der Waals surface area contributed by atoms with E-state index in [0.29, 0.717) is 24.4 Å². The molecule has 1 atom stereocenters. The summed E-state index contributed by atoms with van der Waals surface area (Å²) in [4.78, 5) is 11.6. The Morgan fingerprint density at radius 3 is 2.39 bits per heavy atom. The van der Waals surface area contributed by atoms with Gasteiger partial charge in [0.25, 0.3) is 0 Å². The van der Waals surface area contributed by atoms with Gasteiger partial charge >= 0.3 is 5.97 Å². The highest BCUT2D eigenvalue weighted by Gasteiger charge is 2.42. The second-order valence-electron chi connectivity index (χ2n) is 5.36. The lowest BCUT2D eigenvalue weighted by Gasteiger charge is -2.28. The fourth-order valence-electron chi connectivity index (χ4n) is 2.38. The molecule has 1 aliphatic rings. The number of carbonyl (C=O) groups is 1. The largest absolute Gasteiger partial charge is 0.481 e. The number of nitrogens with two attached hydrogens (primary N) is 2. The van der Waals surface area contributed by atoms with Crippen LogP contribution in [0.3, 0.4) is 0 Å². The Kier molecular flexibility index (Phi) is 3.57. The van der Waals surface area contributed by atoms with Crippen molar-refractivity contribution in [2.75, 3.05) is 12.3 Å². The van der Waals surface area contributed by atoms with E-state index in [1.807, 2.05) is 12.1 Å². The van der Waals surface area contributed by atoms with Crippen molar-refractivity contribution in [3.05, 3.63) is 29.8 Å². The molecule has 2 rings (SSSR count). The van der Waals surface area contributed by atoms with Crippen LogP contribution >= 0.6 is 0 Å². The Morgan fingerprint density at radius 1 is 1.33 bits per heavy atom. The zero-order valence-corrected chi connectivity index (χ0v) is 10.4. The van der Waals surface area contributed by atoms with Gasteiger partial charge in [0, 0.05) is 12.2 Å². The first-order chi connectivity index (χ1) is 8.55. The van der Waals surface area contributed by atoms with Gasteiger partial charge in [0.15, 0.2) is 0 Å². The quantitative estimate of drug-likeness (QED) is 0.668. The molecule has 1 aliphatic carbocycles. The van der Waals surface area contributed by atoms with E-state index in [1.54, 1.807) is 12.1 Å². The normalized spacial score (nSPS) is 18.3. The summed E-state index contributed by atoms with van der Waals surface area (Å²) in [7, 11) is 0. The third-order valence-electron chi connectivity index (χ3n) is 3.74. The van der Waals surface area contributed by atoms with E-state index < -0.39 is 11.4 Å². The summed E-state index contributed by atoms with van der Waals surface area (Å²) in [5, 5.41) is 9.51. The highest BCUT2D eigenvalue weighted by Crippen LogP contribution is 2.41. The molecule has 0 amide bonds. The molecule has 0 bridgehead atoms. The predicted molar refractivity (Wildman–Crippen MR) is 71.0 cm³/mol. The molecule has 0 aliphatic heterocycles. The van der Waals surface area contributed by atoms with Crippen LogP contribution in [0.1, 0.15) is 24.8 Å². The maximum Gasteiger partial charge on any atom is 0.311 e. The van der Waals surface area contributed by atoms with E-state index in [4.69, 9.17) is 11.5 Å². The molecule has 1 aromatic rings. The first-order valence-electron chi connectivity index (χ1n) is 6.33. The SMILES string of the molecule is NCC(Cc1ccc(N)cc1)(CC1CC1)C(=O)O. The molecule has 1 aromatic carbocycles. The predicted octanol–water partition coefficient (Wildman–Crippen LogP) is 1.64. The third-order valence-corrected chi connectivity index (χ3v) is 3.74. The number of carboxylic acids is 1. The lowest BCUT2D eigenvalue weighted by atomic mass is 9.77. The van der Waals surface area contributed by atoms with E-state index in [0.717, 1.165) is 18.4 Å². The zero-order chi connectivity index (χ0) is 13.2. The van der Waals surface area contributed by atoms with Gasteiger partial charge in [0.1, 0.15) is 0 Å². The Labute approximate surface area is 107 Å². The molecule has 4 nitrogen and oxygen atoms in total. The minimum absolute atomic E-state index is 0.184. The molecule has 0 aromatic heterocycles. The fraction of sp³-hybridized carbons (Fsp3) is 0.500. The molecular formula is C14H20N2O2. The van der Waals surface area contributed by atoms with Crippen LogP contribution < -0.4 is 11.5 Å². The average Bonchev–Trinajstić information content (AvgIpc) is 3.14. The van der Waals surface area contributed by atoms with Gasteiger partial charge in [0.2, 0.25) is 0 Å². The summed E-state index contributed by atoms with van der Waals surface area (Å²) in [6.45, 7) is 0.184. The molecular weight excluding hydrogens is 228 g/mol. The number of hydrogen-bond donors (Lipinski definition) is 3. The Morgan fingerprint density at radius 2 is 1.94 bits per heavy atom. The van der Waals surface area contributed by atoms with E-state index in [-0.39, 0.29) is 6.54 Å². The smallest absolute Gasteiger partial charge is 0.311 e. The minimum atomic E-state index is -0.822. The summed E-state index contributed by atoms with van der Waals surface area (Å²) in [5.41, 5.74) is 12.2. The van der Waals surface area contributed by atoms with Crippen LogP contribution in [0.5, 0.6) is 0 Å². The van der Waals surface area contributed by atoms with Gasteiger partial charge in [-0.1, -0.05) is 25.0 Å². The minimum Gasteiger partial charge on any atom is -0.481 e. The number of nitrogen functional groups attached to an aromatic ring is 1. The molecule has 0 radical (unpaired) electrons. The molecule has 98 valence electrons. The van der Waals surface area contributed by atoms with Crippen molar-refractivity contribution in [2.45, 2.75) is 25.7 Å². The van der Waals surface area contributed by atoms with Crippen molar-refractivity contribution >= 4 is 11.7 Å². The maximum atomic E-state index is 11.6. The van der Waals surface area contributed by atoms with Gasteiger partial charge in [-0.05, 0) is 36.5 Å². The molecule has 0 heterocycles. The molecule has 1 saturated carbocycles. The number of rotatable bonds is 6. The average molecular weight is 248 g/mol. The summed E-state index contributed by atoms with van der Waals surface area (Å²) >= 11 is 0. The number of benzene rings is 1. The molecule has 18 heavy (non-hydrogen) atoms. The molecule has 4 heteroatoms. The Hall–Kier alpha value is -1.55. The van der Waals surface area contributed by atoms with Gasteiger partial charge in [0.05, 0.1) is 5.41 Å². The van der Waals surface area contributed by atoms with Crippen LogP contribution in [-0.4, -0.2) is 17.6 Å². The highest BCUT2D eigenvalue weighted by atomic mass is 16.4. The number of carboxylic acid groups (broad SMARTS) is 1. The monoisotopic (exact) mass is 248 g/mol. The van der Waals surface area contributed by atoms with Crippen molar-refractivity contribution in [1.29, 1.82) is 0 Å². The summed E-state index contributed by atoms with van der Waals surface area (Å²) < 4.78 is 0. The Bertz CT molecular complexity index is 426. The van der Waals surface area contributed by atoms with Gasteiger partial charge in [-0.15, -0.1) is 0 Å². The molecule has 1 fully saturated rings. The number of anilines is 1. The maximum absolute atomic E-state index is 11.6. The third kappa shape index (κ3) is 2.82. The van der Waals surface area contributed by atoms with Crippen LogP contribution in [0.2, 0.25) is 0 Å². The summed E-state index contributed by atoms with van der Waals surface area (Å²) in [6, 6.07) is 7.37. The highest BCUT2D eigenvalue weighted by molar-refractivity contribution is 5.75. The van der Waals surface area contributed by atoms with Crippen LogP contribution in [0.4, 0.5) is 5.69 Å². The van der Waals surface area contributed by atoms with Gasteiger partial charge in [-0.25, -0.2) is 0 Å². The van der Waals surface area contributed by atoms with Crippen LogP contribution in [0.15, 0.2) is 24.3 Å². The summed E-state index contributed by atoms with van der Waals surface area (Å²) in [6.07, 6.45) is 3.44. The first kappa shape index (κ1) is 12.9. The van der Waals surface area contributed by atoms with Gasteiger partial charge in [-0.3, -0.25) is 4.79 Å². The van der Waals surface area contributed by atoms with Crippen molar-refractivity contribution in [1.82, 2.24) is 0 Å². The molecule has 0 spiro atoms. The summed E-state index contributed by atoms with van der Waals surface area (Å²) in [5.74, 6) is -0.243. The van der Waals surface area contributed by atoms with Crippen LogP contribution in [0.25, 0.3) is 0 Å². The standard InChI is InChI=1S/C14H20N2O2/c15-9-14(13(17)18,7-10-1-2-10)8-11-3-5-12(16)6-4-11/h3-6,10H,1-2,7-9,15-16H2,(H,17,18). The second-order valence-corrected chi connectivity index (χ2v) is 5.36. The van der Waals surface area contributed by atoms with Gasteiger partial charge in [-0.2, -0.15) is 0 Å². The zero-order valence-electron chi connectivity index (χ0n) is 10.4. The van der Waals surface area contributed by atoms with Crippen molar-refractivity contribution in [3.63, 3.8) is 0 Å². The van der Waals surface area contributed by atoms with Gasteiger partial charge < -0.3 is 16.6 Å². The van der Waals surface area contributed by atoms with E-state index in [1.165, 1.54) is 0 Å². The van der Waals surface area contributed by atoms with Crippen molar-refractivity contribution < 1.29 is 9.90 Å². The van der Waals surface area contributed by atoms with Crippen LogP contribution in [0, 0.1) is 11.3 Å². The first-order valence-corrected chi connectivity index (χ1v) is 6.33. The Balaban J connectivity index is 2.17. The van der Waals surface area contributed by atoms with Crippen molar-refractivity contribution in [2.24, 2.45) is 17.1 Å². The van der Waals surface area contributed by atoms with E-state index in [2.05, 4.69) is 0 Å². The number of aliphatic carboxylic acids is 1. The van der Waals surface area contributed by atoms with Crippen LogP contribution in [-0.2, 0) is 11.2 Å². The fourth-order valence-corrected chi connectivity index (χ4v) is 2.38. The van der Waals surface area contributed by atoms with Crippen molar-refractivity contribution in [3.8, 4) is 0 Å². The lowest BCUT2D eigenvalue weighted by Crippen LogP contribution is -2.41. The molecule has 0 saturated heterocycles. The van der Waals surface area contributed by atoms with E-state index >= 15 is 0 Å². The molecule has 5 N–H and O–H groups in total. The van der Waals surface area contributed by atoms with E-state index in [9.17, 15) is 9.90 Å². The number of hydrogen-bond acceptors (Lipinski definition) is 3.